The van der Waals surface area contributed by atoms with Crippen molar-refractivity contribution >= 4 is 22.9 Å². The van der Waals surface area contributed by atoms with Crippen molar-refractivity contribution in [3.63, 3.8) is 0 Å². The maximum absolute atomic E-state index is 12.0. The zero-order valence-electron chi connectivity index (χ0n) is 20.9. The Morgan fingerprint density at radius 2 is 1.76 bits per heavy atom. The maximum Gasteiger partial charge on any atom is 0.338 e. The number of rotatable bonds is 11. The highest BCUT2D eigenvalue weighted by molar-refractivity contribution is 5.90. The van der Waals surface area contributed by atoms with Crippen LogP contribution in [-0.4, -0.2) is 19.2 Å². The molecule has 0 aromatic heterocycles. The highest BCUT2D eigenvalue weighted by Gasteiger charge is 2.28. The molecule has 1 aliphatic rings. The fraction of sp³-hybridized carbons (Fsp3) is 0.483. The average molecular weight is 450 g/mol. The Bertz CT molecular complexity index is 973. The third-order valence-corrected chi connectivity index (χ3v) is 6.37. The van der Waals surface area contributed by atoms with Gasteiger partial charge < -0.3 is 14.8 Å². The van der Waals surface area contributed by atoms with E-state index in [2.05, 4.69) is 51.2 Å². The number of esters is 1. The number of carbonyl (C=O) groups excluding carboxylic acids is 1. The van der Waals surface area contributed by atoms with Crippen LogP contribution in [0.2, 0.25) is 0 Å². The Kier molecular flexibility index (Phi) is 8.60. The highest BCUT2D eigenvalue weighted by atomic mass is 16.5. The van der Waals surface area contributed by atoms with Crippen LogP contribution in [0.3, 0.4) is 0 Å². The molecule has 0 atom stereocenters. The van der Waals surface area contributed by atoms with E-state index in [1.807, 2.05) is 19.1 Å². The number of benzene rings is 2. The lowest BCUT2D eigenvalue weighted by molar-refractivity contribution is 0.0526. The van der Waals surface area contributed by atoms with Gasteiger partial charge in [0.15, 0.2) is 0 Å². The van der Waals surface area contributed by atoms with Crippen molar-refractivity contribution < 1.29 is 14.3 Å². The second-order valence-electron chi connectivity index (χ2n) is 9.55. The van der Waals surface area contributed by atoms with Gasteiger partial charge in [-0.1, -0.05) is 52.5 Å². The summed E-state index contributed by atoms with van der Waals surface area (Å²) in [6.07, 6.45) is 9.42. The van der Waals surface area contributed by atoms with E-state index in [1.54, 1.807) is 12.1 Å². The quantitative estimate of drug-likeness (QED) is 0.278. The van der Waals surface area contributed by atoms with Gasteiger partial charge in [-0.05, 0) is 85.2 Å². The summed E-state index contributed by atoms with van der Waals surface area (Å²) in [5.41, 5.74) is 6.41. The van der Waals surface area contributed by atoms with Gasteiger partial charge >= 0.3 is 5.97 Å². The first kappa shape index (κ1) is 24.9. The molecule has 0 spiro atoms. The van der Waals surface area contributed by atoms with Crippen LogP contribution in [0.1, 0.15) is 94.6 Å². The van der Waals surface area contributed by atoms with Crippen LogP contribution in [0.5, 0.6) is 5.75 Å². The van der Waals surface area contributed by atoms with Crippen molar-refractivity contribution in [3.8, 4) is 5.75 Å². The minimum Gasteiger partial charge on any atom is -0.491 e. The van der Waals surface area contributed by atoms with Crippen LogP contribution in [0.4, 0.5) is 11.4 Å². The first-order valence-corrected chi connectivity index (χ1v) is 12.4. The Morgan fingerprint density at radius 1 is 1.03 bits per heavy atom. The summed E-state index contributed by atoms with van der Waals surface area (Å²) in [6.45, 7) is 11.9. The normalized spacial score (nSPS) is 14.3. The zero-order valence-corrected chi connectivity index (χ0v) is 20.9. The Morgan fingerprint density at radius 3 is 2.45 bits per heavy atom. The number of unbranched alkanes of at least 4 members (excludes halogenated alkanes) is 4. The molecule has 0 saturated heterocycles. The monoisotopic (exact) mass is 449 g/mol. The molecule has 2 aromatic carbocycles. The molecule has 3 rings (SSSR count). The number of anilines is 2. The number of fused-ring (bicyclic) bond motifs is 1. The fourth-order valence-electron chi connectivity index (χ4n) is 4.26. The molecular formula is C29H39NO3. The van der Waals surface area contributed by atoms with Gasteiger partial charge in [-0.2, -0.15) is 0 Å². The zero-order chi connectivity index (χ0) is 23.8. The highest BCUT2D eigenvalue weighted by Crippen LogP contribution is 2.44. The average Bonchev–Trinajstić information content (AvgIpc) is 2.80. The Labute approximate surface area is 199 Å². The predicted molar refractivity (Wildman–Crippen MR) is 138 cm³/mol. The molecule has 2 aromatic rings. The van der Waals surface area contributed by atoms with Crippen molar-refractivity contribution in [3.05, 3.63) is 59.2 Å². The number of carbonyl (C=O) groups is 1. The minimum absolute atomic E-state index is 0.0773. The molecule has 178 valence electrons. The smallest absolute Gasteiger partial charge is 0.338 e. The molecule has 0 amide bonds. The number of ether oxygens (including phenoxy) is 2. The second-order valence-corrected chi connectivity index (χ2v) is 9.55. The molecule has 0 fully saturated rings. The molecule has 0 aliphatic heterocycles. The molecule has 0 radical (unpaired) electrons. The summed E-state index contributed by atoms with van der Waals surface area (Å²) >= 11 is 0. The molecule has 1 aliphatic carbocycles. The molecule has 0 unspecified atom stereocenters. The lowest BCUT2D eigenvalue weighted by Crippen LogP contribution is -2.21. The van der Waals surface area contributed by atoms with E-state index in [9.17, 15) is 4.79 Å². The molecule has 4 nitrogen and oxygen atoms in total. The van der Waals surface area contributed by atoms with Crippen molar-refractivity contribution in [1.82, 2.24) is 0 Å². The largest absolute Gasteiger partial charge is 0.491 e. The molecule has 0 bridgehead atoms. The van der Waals surface area contributed by atoms with Gasteiger partial charge in [-0.3, -0.25) is 0 Å². The number of hydrogen-bond donors (Lipinski definition) is 1. The maximum atomic E-state index is 12.0. The predicted octanol–water partition coefficient (Wildman–Crippen LogP) is 8.04. The molecule has 0 heterocycles. The summed E-state index contributed by atoms with van der Waals surface area (Å²) in [6, 6.07) is 11.9. The van der Waals surface area contributed by atoms with Crippen LogP contribution >= 0.6 is 0 Å². The van der Waals surface area contributed by atoms with Crippen LogP contribution in [0.15, 0.2) is 42.5 Å². The van der Waals surface area contributed by atoms with Crippen LogP contribution in [-0.2, 0) is 10.2 Å². The van der Waals surface area contributed by atoms with Gasteiger partial charge in [0.05, 0.1) is 24.5 Å². The molecule has 4 heteroatoms. The minimum atomic E-state index is -0.298. The van der Waals surface area contributed by atoms with Gasteiger partial charge in [-0.15, -0.1) is 0 Å². The van der Waals surface area contributed by atoms with Crippen LogP contribution < -0.4 is 10.1 Å². The van der Waals surface area contributed by atoms with Crippen LogP contribution in [0.25, 0.3) is 5.57 Å². The van der Waals surface area contributed by atoms with E-state index in [1.165, 1.54) is 42.4 Å². The summed E-state index contributed by atoms with van der Waals surface area (Å²) in [5, 5.41) is 3.53. The molecule has 1 N–H and O–H groups in total. The SMILES string of the molecule is CCCCCCCOc1cc2c(cc1Nc1ccc(C(=O)OCC)cc1)C(C)=CCC2(C)C. The van der Waals surface area contributed by atoms with Gasteiger partial charge in [0.1, 0.15) is 5.75 Å². The Balaban J connectivity index is 1.84. The van der Waals surface area contributed by atoms with Crippen LogP contribution in [0, 0.1) is 0 Å². The number of hydrogen-bond acceptors (Lipinski definition) is 4. The van der Waals surface area contributed by atoms with Crippen molar-refractivity contribution in [2.24, 2.45) is 0 Å². The van der Waals surface area contributed by atoms with E-state index in [0.29, 0.717) is 18.8 Å². The van der Waals surface area contributed by atoms with E-state index in [0.717, 1.165) is 30.0 Å². The lowest BCUT2D eigenvalue weighted by Gasteiger charge is -2.32. The first-order valence-electron chi connectivity index (χ1n) is 12.4. The molecule has 0 saturated carbocycles. The Hall–Kier alpha value is -2.75. The van der Waals surface area contributed by atoms with Crippen molar-refractivity contribution in [2.45, 2.75) is 78.6 Å². The first-order chi connectivity index (χ1) is 15.9. The second kappa shape index (κ2) is 11.4. The third-order valence-electron chi connectivity index (χ3n) is 6.37. The van der Waals surface area contributed by atoms with E-state index >= 15 is 0 Å². The lowest BCUT2D eigenvalue weighted by atomic mass is 9.73. The van der Waals surface area contributed by atoms with Gasteiger partial charge in [0.2, 0.25) is 0 Å². The molecule has 33 heavy (non-hydrogen) atoms. The summed E-state index contributed by atoms with van der Waals surface area (Å²) in [7, 11) is 0. The number of allylic oxidation sites excluding steroid dienone is 2. The standard InChI is InChI=1S/C29H39NO3/c1-6-8-9-10-11-18-33-27-20-25-24(21(3)16-17-29(25,4)5)19-26(27)30-23-14-12-22(13-15-23)28(31)32-7-2/h12-16,19-20,30H,6-11,17-18H2,1-5H3. The molecular weight excluding hydrogens is 410 g/mol. The van der Waals surface area contributed by atoms with E-state index in [4.69, 9.17) is 9.47 Å². The van der Waals surface area contributed by atoms with E-state index < -0.39 is 0 Å². The van der Waals surface area contributed by atoms with Gasteiger partial charge in [0.25, 0.3) is 0 Å². The fourth-order valence-corrected chi connectivity index (χ4v) is 4.26. The van der Waals surface area contributed by atoms with Gasteiger partial charge in [0, 0.05) is 5.69 Å². The topological polar surface area (TPSA) is 47.6 Å². The van der Waals surface area contributed by atoms with Gasteiger partial charge in [-0.25, -0.2) is 4.79 Å². The number of nitrogens with one attached hydrogen (secondary N) is 1. The van der Waals surface area contributed by atoms with E-state index in [-0.39, 0.29) is 11.4 Å². The summed E-state index contributed by atoms with van der Waals surface area (Å²) < 4.78 is 11.4. The van der Waals surface area contributed by atoms with Crippen molar-refractivity contribution in [2.75, 3.05) is 18.5 Å². The summed E-state index contributed by atoms with van der Waals surface area (Å²) in [4.78, 5) is 12.0. The third kappa shape index (κ3) is 6.40. The van der Waals surface area contributed by atoms with Crippen molar-refractivity contribution in [1.29, 1.82) is 0 Å². The summed E-state index contributed by atoms with van der Waals surface area (Å²) in [5.74, 6) is 0.592.